The third-order valence-corrected chi connectivity index (χ3v) is 4.29. The van der Waals surface area contributed by atoms with Gasteiger partial charge in [0.2, 0.25) is 0 Å². The summed E-state index contributed by atoms with van der Waals surface area (Å²) in [6.07, 6.45) is 10.4. The van der Waals surface area contributed by atoms with Gasteiger partial charge in [0, 0.05) is 38.4 Å². The van der Waals surface area contributed by atoms with Gasteiger partial charge in [-0.25, -0.2) is 0 Å². The second-order valence-corrected chi connectivity index (χ2v) is 6.77. The molecule has 1 heterocycles. The fourth-order valence-corrected chi connectivity index (χ4v) is 2.78. The number of guanidine groups is 1. The molecule has 2 unspecified atom stereocenters. The summed E-state index contributed by atoms with van der Waals surface area (Å²) in [5.41, 5.74) is 1.21. The van der Waals surface area contributed by atoms with Crippen LogP contribution in [0.25, 0.3) is 0 Å². The fraction of sp³-hybridized carbons (Fsp3) is 0.778. The van der Waals surface area contributed by atoms with Gasteiger partial charge in [0.1, 0.15) is 0 Å². The van der Waals surface area contributed by atoms with E-state index in [4.69, 9.17) is 0 Å². The van der Waals surface area contributed by atoms with Crippen LogP contribution >= 0.6 is 24.0 Å². The number of hydrogen-bond acceptors (Lipinski definition) is 3. The summed E-state index contributed by atoms with van der Waals surface area (Å²) in [5.74, 6) is 0.869. The molecule has 0 bridgehead atoms. The number of nitrogens with one attached hydrogen (secondary N) is 2. The van der Waals surface area contributed by atoms with E-state index in [2.05, 4.69) is 59.8 Å². The lowest BCUT2D eigenvalue weighted by molar-refractivity contribution is 0.297. The molecule has 1 rings (SSSR count). The molecular formula is C18H37IN6. The van der Waals surface area contributed by atoms with Crippen molar-refractivity contribution in [3.63, 3.8) is 0 Å². The van der Waals surface area contributed by atoms with Gasteiger partial charge in [-0.1, -0.05) is 32.6 Å². The van der Waals surface area contributed by atoms with Gasteiger partial charge < -0.3 is 15.5 Å². The number of nitrogens with zero attached hydrogens (tertiary/aromatic N) is 4. The zero-order valence-electron chi connectivity index (χ0n) is 16.7. The molecule has 2 atom stereocenters. The van der Waals surface area contributed by atoms with E-state index in [1.807, 2.05) is 25.0 Å². The molecule has 0 fully saturated rings. The molecule has 0 aliphatic heterocycles. The molecule has 0 aliphatic rings. The predicted molar refractivity (Wildman–Crippen MR) is 118 cm³/mol. The fourth-order valence-electron chi connectivity index (χ4n) is 2.78. The molecule has 0 radical (unpaired) electrons. The Labute approximate surface area is 170 Å². The average molecular weight is 464 g/mol. The number of aryl methyl sites for hydroxylation is 1. The topological polar surface area (TPSA) is 57.5 Å². The van der Waals surface area contributed by atoms with E-state index in [-0.39, 0.29) is 30.0 Å². The molecule has 0 aliphatic carbocycles. The van der Waals surface area contributed by atoms with Crippen LogP contribution in [-0.2, 0) is 7.05 Å². The number of unbranched alkanes of at least 4 members (excludes halogenated alkanes) is 3. The summed E-state index contributed by atoms with van der Waals surface area (Å²) in [7, 11) is 7.95. The zero-order valence-corrected chi connectivity index (χ0v) is 19.1. The van der Waals surface area contributed by atoms with Crippen LogP contribution in [0.2, 0.25) is 0 Å². The van der Waals surface area contributed by atoms with Crippen LogP contribution < -0.4 is 10.6 Å². The maximum atomic E-state index is 4.36. The SMILES string of the molecule is CCCCCCC(C)NC(=NC)NCC(c1cnn(C)c1)N(C)C.I. The minimum Gasteiger partial charge on any atom is -0.354 e. The molecule has 25 heavy (non-hydrogen) atoms. The van der Waals surface area contributed by atoms with Crippen molar-refractivity contribution in [2.45, 2.75) is 58.0 Å². The van der Waals surface area contributed by atoms with E-state index >= 15 is 0 Å². The second kappa shape index (κ2) is 13.4. The quantitative estimate of drug-likeness (QED) is 0.242. The highest BCUT2D eigenvalue weighted by molar-refractivity contribution is 14.0. The van der Waals surface area contributed by atoms with Gasteiger partial charge in [-0.3, -0.25) is 9.67 Å². The molecule has 7 heteroatoms. The Hall–Kier alpha value is -0.830. The predicted octanol–water partition coefficient (Wildman–Crippen LogP) is 3.16. The normalized spacial score (nSPS) is 14.1. The molecule has 146 valence electrons. The minimum absolute atomic E-state index is 0. The average Bonchev–Trinajstić information content (AvgIpc) is 2.96. The van der Waals surface area contributed by atoms with Gasteiger partial charge in [0.05, 0.1) is 12.2 Å². The largest absolute Gasteiger partial charge is 0.354 e. The van der Waals surface area contributed by atoms with Gasteiger partial charge in [0.25, 0.3) is 0 Å². The molecule has 1 aromatic heterocycles. The minimum atomic E-state index is 0. The van der Waals surface area contributed by atoms with Crippen molar-refractivity contribution in [1.29, 1.82) is 0 Å². The van der Waals surface area contributed by atoms with Crippen LogP contribution in [-0.4, -0.2) is 54.4 Å². The van der Waals surface area contributed by atoms with E-state index in [1.165, 1.54) is 37.7 Å². The first-order valence-electron chi connectivity index (χ1n) is 9.10. The highest BCUT2D eigenvalue weighted by Gasteiger charge is 2.16. The van der Waals surface area contributed by atoms with Crippen molar-refractivity contribution in [2.24, 2.45) is 12.0 Å². The Morgan fingerprint density at radius 1 is 1.32 bits per heavy atom. The molecule has 0 saturated carbocycles. The summed E-state index contributed by atoms with van der Waals surface area (Å²) >= 11 is 0. The summed E-state index contributed by atoms with van der Waals surface area (Å²) in [4.78, 5) is 6.56. The summed E-state index contributed by atoms with van der Waals surface area (Å²) in [6, 6.07) is 0.696. The maximum absolute atomic E-state index is 4.36. The first kappa shape index (κ1) is 24.2. The van der Waals surface area contributed by atoms with Crippen LogP contribution in [0.4, 0.5) is 0 Å². The van der Waals surface area contributed by atoms with E-state index in [1.54, 1.807) is 0 Å². The van der Waals surface area contributed by atoms with Crippen LogP contribution in [0.5, 0.6) is 0 Å². The van der Waals surface area contributed by atoms with E-state index in [9.17, 15) is 0 Å². The number of aromatic nitrogens is 2. The van der Waals surface area contributed by atoms with Crippen molar-refractivity contribution in [3.8, 4) is 0 Å². The Morgan fingerprint density at radius 2 is 2.04 bits per heavy atom. The van der Waals surface area contributed by atoms with E-state index in [0.29, 0.717) is 6.04 Å². The summed E-state index contributed by atoms with van der Waals surface area (Å²) < 4.78 is 1.84. The highest BCUT2D eigenvalue weighted by Crippen LogP contribution is 2.16. The van der Waals surface area contributed by atoms with Gasteiger partial charge in [-0.15, -0.1) is 24.0 Å². The summed E-state index contributed by atoms with van der Waals surface area (Å²) in [5, 5.41) is 11.2. The van der Waals surface area contributed by atoms with Crippen molar-refractivity contribution >= 4 is 29.9 Å². The summed E-state index contributed by atoms with van der Waals surface area (Å²) in [6.45, 7) is 5.27. The van der Waals surface area contributed by atoms with Crippen LogP contribution in [0.3, 0.4) is 0 Å². The Kier molecular flexibility index (Phi) is 12.9. The van der Waals surface area contributed by atoms with Gasteiger partial charge in [-0.2, -0.15) is 5.10 Å². The molecule has 0 spiro atoms. The number of hydrogen-bond donors (Lipinski definition) is 2. The standard InChI is InChI=1S/C18H36N6.HI/c1-7-8-9-10-11-15(2)22-18(19-3)20-13-17(23(4)5)16-12-21-24(6)14-16;/h12,14-15,17H,7-11,13H2,1-6H3,(H2,19,20,22);1H. The number of rotatable bonds is 10. The Bertz CT molecular complexity index is 486. The maximum Gasteiger partial charge on any atom is 0.191 e. The highest BCUT2D eigenvalue weighted by atomic mass is 127. The Morgan fingerprint density at radius 3 is 2.56 bits per heavy atom. The van der Waals surface area contributed by atoms with Gasteiger partial charge in [-0.05, 0) is 27.4 Å². The van der Waals surface area contributed by atoms with Crippen LogP contribution in [0.15, 0.2) is 17.4 Å². The molecule has 6 nitrogen and oxygen atoms in total. The third kappa shape index (κ3) is 9.44. The van der Waals surface area contributed by atoms with E-state index < -0.39 is 0 Å². The van der Waals surface area contributed by atoms with Crippen molar-refractivity contribution in [1.82, 2.24) is 25.3 Å². The molecule has 0 amide bonds. The number of aliphatic imine (C=N–C) groups is 1. The first-order valence-corrected chi connectivity index (χ1v) is 9.10. The van der Waals surface area contributed by atoms with E-state index in [0.717, 1.165) is 12.5 Å². The Balaban J connectivity index is 0.00000576. The molecular weight excluding hydrogens is 427 g/mol. The number of likely N-dealkylation sites (N-methyl/N-ethyl adjacent to an activating group) is 1. The molecule has 1 aromatic rings. The first-order chi connectivity index (χ1) is 11.5. The monoisotopic (exact) mass is 464 g/mol. The lowest BCUT2D eigenvalue weighted by Gasteiger charge is -2.25. The lowest BCUT2D eigenvalue weighted by Crippen LogP contribution is -2.45. The lowest BCUT2D eigenvalue weighted by atomic mass is 10.1. The second-order valence-electron chi connectivity index (χ2n) is 6.77. The van der Waals surface area contributed by atoms with Gasteiger partial charge >= 0.3 is 0 Å². The zero-order chi connectivity index (χ0) is 17.9. The van der Waals surface area contributed by atoms with Crippen molar-refractivity contribution in [3.05, 3.63) is 18.0 Å². The molecule has 2 N–H and O–H groups in total. The van der Waals surface area contributed by atoms with Gasteiger partial charge in [0.15, 0.2) is 5.96 Å². The third-order valence-electron chi connectivity index (χ3n) is 4.29. The number of halogens is 1. The molecule has 0 saturated heterocycles. The van der Waals surface area contributed by atoms with Crippen molar-refractivity contribution in [2.75, 3.05) is 27.7 Å². The van der Waals surface area contributed by atoms with Crippen molar-refractivity contribution < 1.29 is 0 Å². The van der Waals surface area contributed by atoms with Crippen LogP contribution in [0, 0.1) is 0 Å². The molecule has 0 aromatic carbocycles. The smallest absolute Gasteiger partial charge is 0.191 e. The van der Waals surface area contributed by atoms with Crippen LogP contribution in [0.1, 0.15) is 57.6 Å².